The van der Waals surface area contributed by atoms with Crippen LogP contribution in [0.2, 0.25) is 0 Å². The maximum atomic E-state index is 13.4. The van der Waals surface area contributed by atoms with Gasteiger partial charge in [0.05, 0.1) is 0 Å². The lowest BCUT2D eigenvalue weighted by Gasteiger charge is -2.19. The van der Waals surface area contributed by atoms with Crippen LogP contribution in [0.1, 0.15) is 108 Å². The average molecular weight is 547 g/mol. The molecule has 41 heavy (non-hydrogen) atoms. The highest BCUT2D eigenvalue weighted by Crippen LogP contribution is 2.35. The maximum Gasteiger partial charge on any atom is 0.163 e. The minimum atomic E-state index is 0.152. The molecular formula is C38H42O3. The largest absolute Gasteiger partial charge is 0.457 e. The number of unbranched alkanes of at least 4 members (excludes halogenated alkanes) is 4. The summed E-state index contributed by atoms with van der Waals surface area (Å²) in [6.07, 6.45) is 8.24. The van der Waals surface area contributed by atoms with Crippen LogP contribution in [0, 0.1) is 0 Å². The molecule has 0 aliphatic carbocycles. The van der Waals surface area contributed by atoms with Crippen LogP contribution in [-0.4, -0.2) is 11.6 Å². The first kappa shape index (κ1) is 30.0. The zero-order chi connectivity index (χ0) is 28.9. The molecule has 0 atom stereocenters. The molecule has 3 nitrogen and oxygen atoms in total. The Bertz CT molecular complexity index is 1300. The molecule has 0 fully saturated rings. The van der Waals surface area contributed by atoms with Gasteiger partial charge in [-0.05, 0) is 36.1 Å². The minimum absolute atomic E-state index is 0.152. The van der Waals surface area contributed by atoms with Gasteiger partial charge in [-0.1, -0.05) is 124 Å². The molecule has 0 saturated carbocycles. The third-order valence-electron chi connectivity index (χ3n) is 7.55. The van der Waals surface area contributed by atoms with Crippen LogP contribution >= 0.6 is 0 Å². The van der Waals surface area contributed by atoms with Crippen molar-refractivity contribution in [1.29, 1.82) is 0 Å². The Labute approximate surface area is 245 Å². The molecule has 4 aromatic carbocycles. The van der Waals surface area contributed by atoms with Gasteiger partial charge in [-0.15, -0.1) is 0 Å². The quantitative estimate of drug-likeness (QED) is 0.104. The van der Waals surface area contributed by atoms with Crippen molar-refractivity contribution in [3.8, 4) is 11.5 Å². The molecule has 3 heteroatoms. The first-order valence-electron chi connectivity index (χ1n) is 15.2. The van der Waals surface area contributed by atoms with Gasteiger partial charge in [0, 0.05) is 47.9 Å². The summed E-state index contributed by atoms with van der Waals surface area (Å²) in [7, 11) is 0. The molecule has 0 N–H and O–H groups in total. The second-order valence-electron chi connectivity index (χ2n) is 10.8. The van der Waals surface area contributed by atoms with Crippen LogP contribution < -0.4 is 4.74 Å². The van der Waals surface area contributed by atoms with Crippen molar-refractivity contribution in [3.63, 3.8) is 0 Å². The van der Waals surface area contributed by atoms with Crippen molar-refractivity contribution < 1.29 is 14.3 Å². The van der Waals surface area contributed by atoms with Gasteiger partial charge in [-0.2, -0.15) is 0 Å². The number of hydrogen-bond acceptors (Lipinski definition) is 3. The number of carbonyl (C=O) groups excluding carboxylic acids is 2. The lowest BCUT2D eigenvalue weighted by atomic mass is 9.93. The molecule has 0 spiro atoms. The van der Waals surface area contributed by atoms with E-state index in [4.69, 9.17) is 4.74 Å². The summed E-state index contributed by atoms with van der Waals surface area (Å²) in [5.74, 6) is 1.64. The predicted molar refractivity (Wildman–Crippen MR) is 168 cm³/mol. The fraction of sp³-hybridized carbons (Fsp3) is 0.316. The van der Waals surface area contributed by atoms with Gasteiger partial charge in [-0.25, -0.2) is 0 Å². The molecule has 0 heterocycles. The van der Waals surface area contributed by atoms with Crippen molar-refractivity contribution >= 4 is 11.6 Å². The second-order valence-corrected chi connectivity index (χ2v) is 10.8. The monoisotopic (exact) mass is 546 g/mol. The Kier molecular flexibility index (Phi) is 11.5. The van der Waals surface area contributed by atoms with Gasteiger partial charge in [-0.3, -0.25) is 9.59 Å². The fourth-order valence-corrected chi connectivity index (χ4v) is 5.27. The zero-order valence-electron chi connectivity index (χ0n) is 24.5. The second kappa shape index (κ2) is 15.7. The molecule has 0 saturated heterocycles. The predicted octanol–water partition coefficient (Wildman–Crippen LogP) is 10.2. The average Bonchev–Trinajstić information content (AvgIpc) is 3.00. The Hall–Kier alpha value is -3.98. The van der Waals surface area contributed by atoms with E-state index in [1.54, 1.807) is 0 Å². The van der Waals surface area contributed by atoms with E-state index in [1.165, 1.54) is 0 Å². The highest BCUT2D eigenvalue weighted by atomic mass is 16.5. The fourth-order valence-electron chi connectivity index (χ4n) is 5.27. The summed E-state index contributed by atoms with van der Waals surface area (Å²) in [6, 6.07) is 32.0. The van der Waals surface area contributed by atoms with Gasteiger partial charge in [0.15, 0.2) is 11.6 Å². The summed E-state index contributed by atoms with van der Waals surface area (Å²) >= 11 is 0. The zero-order valence-corrected chi connectivity index (χ0v) is 24.5. The highest BCUT2D eigenvalue weighted by Gasteiger charge is 2.20. The van der Waals surface area contributed by atoms with Gasteiger partial charge >= 0.3 is 0 Å². The van der Waals surface area contributed by atoms with Crippen LogP contribution in [0.4, 0.5) is 0 Å². The normalized spacial score (nSPS) is 10.9. The van der Waals surface area contributed by atoms with E-state index in [9.17, 15) is 9.59 Å². The summed E-state index contributed by atoms with van der Waals surface area (Å²) < 4.78 is 6.71. The van der Waals surface area contributed by atoms with Gasteiger partial charge < -0.3 is 4.74 Å². The Balaban J connectivity index is 1.75. The van der Waals surface area contributed by atoms with Crippen LogP contribution in [0.25, 0.3) is 0 Å². The molecule has 0 radical (unpaired) electrons. The molecular weight excluding hydrogens is 504 g/mol. The highest BCUT2D eigenvalue weighted by molar-refractivity contribution is 5.99. The molecule has 0 aliphatic heterocycles. The molecule has 0 bridgehead atoms. The number of benzene rings is 4. The Morgan fingerprint density at radius 2 is 0.927 bits per heavy atom. The van der Waals surface area contributed by atoms with Crippen LogP contribution in [0.3, 0.4) is 0 Å². The van der Waals surface area contributed by atoms with E-state index >= 15 is 0 Å². The molecule has 212 valence electrons. The molecule has 0 unspecified atom stereocenters. The first-order valence-corrected chi connectivity index (χ1v) is 15.2. The lowest BCUT2D eigenvalue weighted by molar-refractivity contribution is 0.0970. The number of hydrogen-bond donors (Lipinski definition) is 0. The van der Waals surface area contributed by atoms with E-state index in [-0.39, 0.29) is 11.6 Å². The minimum Gasteiger partial charge on any atom is -0.457 e. The maximum absolute atomic E-state index is 13.4. The molecule has 0 aromatic heterocycles. The Morgan fingerprint density at radius 3 is 1.32 bits per heavy atom. The van der Waals surface area contributed by atoms with Crippen molar-refractivity contribution in [1.82, 2.24) is 0 Å². The van der Waals surface area contributed by atoms with Gasteiger partial charge in [0.2, 0.25) is 0 Å². The van der Waals surface area contributed by atoms with E-state index in [0.29, 0.717) is 37.2 Å². The smallest absolute Gasteiger partial charge is 0.163 e. The van der Waals surface area contributed by atoms with Crippen molar-refractivity contribution in [2.45, 2.75) is 78.1 Å². The van der Waals surface area contributed by atoms with Crippen molar-refractivity contribution in [2.24, 2.45) is 0 Å². The number of ether oxygens (including phenoxy) is 1. The van der Waals surface area contributed by atoms with Gasteiger partial charge in [0.1, 0.15) is 11.5 Å². The van der Waals surface area contributed by atoms with E-state index < -0.39 is 0 Å². The lowest BCUT2D eigenvalue weighted by Crippen LogP contribution is -2.09. The summed E-state index contributed by atoms with van der Waals surface area (Å²) in [6.45, 7) is 4.30. The van der Waals surface area contributed by atoms with Gasteiger partial charge in [0.25, 0.3) is 0 Å². The van der Waals surface area contributed by atoms with E-state index in [2.05, 4.69) is 38.1 Å². The molecule has 4 aromatic rings. The summed E-state index contributed by atoms with van der Waals surface area (Å²) in [5, 5.41) is 0. The summed E-state index contributed by atoms with van der Waals surface area (Å²) in [4.78, 5) is 26.8. The molecule has 0 amide bonds. The number of Topliss-reactive ketones (excluding diaryl/α,β-unsaturated/α-hetero) is 2. The third-order valence-corrected chi connectivity index (χ3v) is 7.55. The number of carbonyl (C=O) groups is 2. The summed E-state index contributed by atoms with van der Waals surface area (Å²) in [5.41, 5.74) is 5.47. The number of ketones is 2. The molecule has 0 aliphatic rings. The first-order chi connectivity index (χ1) is 20.1. The van der Waals surface area contributed by atoms with Crippen LogP contribution in [-0.2, 0) is 12.8 Å². The van der Waals surface area contributed by atoms with E-state index in [1.807, 2.05) is 72.8 Å². The van der Waals surface area contributed by atoms with Crippen LogP contribution in [0.15, 0.2) is 97.1 Å². The van der Waals surface area contributed by atoms with Crippen molar-refractivity contribution in [3.05, 3.63) is 130 Å². The van der Waals surface area contributed by atoms with Crippen molar-refractivity contribution in [2.75, 3.05) is 0 Å². The molecule has 4 rings (SSSR count). The number of rotatable bonds is 16. The van der Waals surface area contributed by atoms with Crippen LogP contribution in [0.5, 0.6) is 11.5 Å². The SMILES string of the molecule is CCCCCC(=O)c1cccc(Oc2cccc(C(=O)CCCCC)c2Cc2ccccc2)c1Cc1ccccc1. The van der Waals surface area contributed by atoms with E-state index in [0.717, 1.165) is 71.9 Å². The third kappa shape index (κ3) is 8.50. The topological polar surface area (TPSA) is 43.4 Å². The Morgan fingerprint density at radius 1 is 0.512 bits per heavy atom. The standard InChI is InChI=1S/C38H42O3/c1-3-5-9-23-35(39)31-21-15-25-37(33(31)27-29-17-11-7-12-18-29)41-38-26-16-22-32(36(40)24-10-6-4-2)34(38)28-30-19-13-8-14-20-30/h7-8,11-22,25-26H,3-6,9-10,23-24,27-28H2,1-2H3.